The number of amides is 1. The summed E-state index contributed by atoms with van der Waals surface area (Å²) in [5.41, 5.74) is 5.44. The Labute approximate surface area is 90.2 Å². The van der Waals surface area contributed by atoms with Crippen LogP contribution in [0.25, 0.3) is 0 Å². The molecule has 1 aliphatic heterocycles. The molecular weight excluding hydrogens is 196 g/mol. The van der Waals surface area contributed by atoms with Gasteiger partial charge in [-0.05, 0) is 12.8 Å². The molecule has 2 atom stereocenters. The number of nitrogens with two attached hydrogens (primary N) is 1. The van der Waals surface area contributed by atoms with Crippen molar-refractivity contribution in [2.24, 2.45) is 5.73 Å². The molecule has 1 amide bonds. The van der Waals surface area contributed by atoms with Crippen LogP contribution in [0.3, 0.4) is 0 Å². The van der Waals surface area contributed by atoms with Gasteiger partial charge < -0.3 is 20.5 Å². The van der Waals surface area contributed by atoms with E-state index in [0.717, 1.165) is 19.4 Å². The molecule has 1 saturated heterocycles. The first-order chi connectivity index (χ1) is 7.17. The van der Waals surface area contributed by atoms with Crippen LogP contribution in [-0.2, 0) is 9.53 Å². The molecule has 0 bridgehead atoms. The van der Waals surface area contributed by atoms with Gasteiger partial charge in [0.15, 0.2) is 0 Å². The maximum atomic E-state index is 11.8. The van der Waals surface area contributed by atoms with Gasteiger partial charge in [-0.1, -0.05) is 0 Å². The van der Waals surface area contributed by atoms with E-state index in [4.69, 9.17) is 10.5 Å². The number of likely N-dealkylation sites (tertiary alicyclic amines) is 1. The molecule has 1 rings (SSSR count). The van der Waals surface area contributed by atoms with Crippen LogP contribution in [0.2, 0.25) is 0 Å². The first kappa shape index (κ1) is 12.4. The second kappa shape index (κ2) is 6.05. The van der Waals surface area contributed by atoms with Crippen LogP contribution in [0.1, 0.15) is 19.3 Å². The number of carbonyl (C=O) groups excluding carboxylic acids is 1. The van der Waals surface area contributed by atoms with Crippen molar-refractivity contribution in [2.75, 3.05) is 26.7 Å². The molecule has 5 nitrogen and oxygen atoms in total. The van der Waals surface area contributed by atoms with Gasteiger partial charge in [0.25, 0.3) is 0 Å². The van der Waals surface area contributed by atoms with Gasteiger partial charge in [0.05, 0.1) is 18.6 Å². The number of ether oxygens (including phenoxy) is 1. The van der Waals surface area contributed by atoms with E-state index < -0.39 is 0 Å². The lowest BCUT2D eigenvalue weighted by Crippen LogP contribution is -2.44. The second-order valence-electron chi connectivity index (χ2n) is 3.93. The van der Waals surface area contributed by atoms with E-state index in [1.807, 2.05) is 0 Å². The number of carbonyl (C=O) groups is 1. The summed E-state index contributed by atoms with van der Waals surface area (Å²) in [6.45, 7) is 1.52. The minimum Gasteiger partial charge on any atom is -0.391 e. The van der Waals surface area contributed by atoms with Crippen molar-refractivity contribution in [2.45, 2.75) is 31.5 Å². The minimum absolute atomic E-state index is 0.0195. The van der Waals surface area contributed by atoms with Crippen molar-refractivity contribution >= 4 is 5.91 Å². The zero-order valence-electron chi connectivity index (χ0n) is 9.19. The molecular formula is C10H20N2O3. The average molecular weight is 216 g/mol. The number of nitrogens with zero attached hydrogens (tertiary/aromatic N) is 1. The molecule has 0 saturated carbocycles. The first-order valence-corrected chi connectivity index (χ1v) is 5.36. The molecule has 1 aliphatic rings. The molecule has 0 aromatic heterocycles. The lowest BCUT2D eigenvalue weighted by molar-refractivity contribution is -0.136. The van der Waals surface area contributed by atoms with Crippen LogP contribution in [0.5, 0.6) is 0 Å². The van der Waals surface area contributed by atoms with Gasteiger partial charge in [-0.25, -0.2) is 0 Å². The Morgan fingerprint density at radius 2 is 2.47 bits per heavy atom. The summed E-state index contributed by atoms with van der Waals surface area (Å²) < 4.78 is 5.05. The van der Waals surface area contributed by atoms with Crippen molar-refractivity contribution in [3.8, 4) is 0 Å². The molecule has 1 fully saturated rings. The number of methoxy groups -OCH3 is 1. The van der Waals surface area contributed by atoms with Crippen molar-refractivity contribution in [3.63, 3.8) is 0 Å². The van der Waals surface area contributed by atoms with E-state index in [1.165, 1.54) is 0 Å². The lowest BCUT2D eigenvalue weighted by atomic mass is 10.1. The van der Waals surface area contributed by atoms with Crippen LogP contribution in [-0.4, -0.2) is 54.9 Å². The Hall–Kier alpha value is -0.650. The maximum Gasteiger partial charge on any atom is 0.225 e. The quantitative estimate of drug-likeness (QED) is 0.653. The number of aliphatic hydroxyl groups is 1. The highest BCUT2D eigenvalue weighted by molar-refractivity contribution is 5.76. The van der Waals surface area contributed by atoms with Crippen LogP contribution >= 0.6 is 0 Å². The summed E-state index contributed by atoms with van der Waals surface area (Å²) >= 11 is 0. The zero-order valence-corrected chi connectivity index (χ0v) is 9.19. The zero-order chi connectivity index (χ0) is 11.3. The average Bonchev–Trinajstić information content (AvgIpc) is 2.25. The van der Waals surface area contributed by atoms with E-state index >= 15 is 0 Å². The van der Waals surface area contributed by atoms with E-state index in [2.05, 4.69) is 0 Å². The molecule has 3 N–H and O–H groups in total. The van der Waals surface area contributed by atoms with Crippen LogP contribution in [0, 0.1) is 0 Å². The smallest absolute Gasteiger partial charge is 0.225 e. The van der Waals surface area contributed by atoms with Gasteiger partial charge in [-0.2, -0.15) is 0 Å². The van der Waals surface area contributed by atoms with Crippen molar-refractivity contribution in [3.05, 3.63) is 0 Å². The molecule has 1 heterocycles. The lowest BCUT2D eigenvalue weighted by Gasteiger charge is -2.31. The largest absolute Gasteiger partial charge is 0.391 e. The van der Waals surface area contributed by atoms with E-state index in [-0.39, 0.29) is 18.1 Å². The fourth-order valence-corrected chi connectivity index (χ4v) is 1.77. The highest BCUT2D eigenvalue weighted by atomic mass is 16.5. The fourth-order valence-electron chi connectivity index (χ4n) is 1.77. The topological polar surface area (TPSA) is 75.8 Å². The van der Waals surface area contributed by atoms with Gasteiger partial charge in [0.1, 0.15) is 0 Å². The predicted octanol–water partition coefficient (Wildman–Crippen LogP) is -0.666. The van der Waals surface area contributed by atoms with Crippen molar-refractivity contribution < 1.29 is 14.6 Å². The first-order valence-electron chi connectivity index (χ1n) is 5.36. The Morgan fingerprint density at radius 1 is 1.73 bits per heavy atom. The SMILES string of the molecule is COC(CN)CC(=O)N1CCC[C@H](O)C1. The molecule has 0 aromatic carbocycles. The van der Waals surface area contributed by atoms with Crippen molar-refractivity contribution in [1.29, 1.82) is 0 Å². The van der Waals surface area contributed by atoms with Crippen LogP contribution in [0.15, 0.2) is 0 Å². The van der Waals surface area contributed by atoms with Crippen LogP contribution < -0.4 is 5.73 Å². The summed E-state index contributed by atoms with van der Waals surface area (Å²) in [6, 6.07) is 0. The standard InChI is InChI=1S/C10H20N2O3/c1-15-9(6-11)5-10(14)12-4-2-3-8(13)7-12/h8-9,13H,2-7,11H2,1H3/t8-,9?/m0/s1. The highest BCUT2D eigenvalue weighted by Gasteiger charge is 2.23. The fraction of sp³-hybridized carbons (Fsp3) is 0.900. The Bertz CT molecular complexity index is 207. The van der Waals surface area contributed by atoms with Gasteiger partial charge in [-0.15, -0.1) is 0 Å². The number of hydrogen-bond donors (Lipinski definition) is 2. The van der Waals surface area contributed by atoms with Crippen LogP contribution in [0.4, 0.5) is 0 Å². The third-order valence-corrected chi connectivity index (χ3v) is 2.75. The van der Waals surface area contributed by atoms with Gasteiger partial charge in [0, 0.05) is 26.7 Å². The third kappa shape index (κ3) is 3.77. The molecule has 0 radical (unpaired) electrons. The summed E-state index contributed by atoms with van der Waals surface area (Å²) in [7, 11) is 1.55. The Morgan fingerprint density at radius 3 is 3.00 bits per heavy atom. The van der Waals surface area contributed by atoms with Gasteiger partial charge in [-0.3, -0.25) is 4.79 Å². The van der Waals surface area contributed by atoms with Gasteiger partial charge in [0.2, 0.25) is 5.91 Å². The molecule has 5 heteroatoms. The van der Waals surface area contributed by atoms with E-state index in [9.17, 15) is 9.90 Å². The second-order valence-corrected chi connectivity index (χ2v) is 3.93. The summed E-state index contributed by atoms with van der Waals surface area (Å²) in [4.78, 5) is 13.4. The number of β-amino-alcohol motifs (C(OH)–C–C–N with tert-alkyl or cyclic N) is 1. The number of piperidine rings is 1. The minimum atomic E-state index is -0.374. The monoisotopic (exact) mass is 216 g/mol. The maximum absolute atomic E-state index is 11.8. The van der Waals surface area contributed by atoms with E-state index in [1.54, 1.807) is 12.0 Å². The molecule has 88 valence electrons. The molecule has 0 spiro atoms. The summed E-state index contributed by atoms with van der Waals surface area (Å²) in [5.74, 6) is 0.0195. The van der Waals surface area contributed by atoms with Crippen molar-refractivity contribution in [1.82, 2.24) is 4.90 Å². The van der Waals surface area contributed by atoms with Gasteiger partial charge >= 0.3 is 0 Å². The van der Waals surface area contributed by atoms with E-state index in [0.29, 0.717) is 19.5 Å². The molecule has 0 aliphatic carbocycles. The Balaban J connectivity index is 2.38. The predicted molar refractivity (Wildman–Crippen MR) is 56.3 cm³/mol. The molecule has 15 heavy (non-hydrogen) atoms. The number of rotatable bonds is 4. The molecule has 0 aromatic rings. The normalized spacial score (nSPS) is 23.9. The number of aliphatic hydroxyl groups excluding tert-OH is 1. The highest BCUT2D eigenvalue weighted by Crippen LogP contribution is 2.12. The number of hydrogen-bond acceptors (Lipinski definition) is 4. The summed E-state index contributed by atoms with van der Waals surface area (Å²) in [6.07, 6.45) is 1.37. The molecule has 1 unspecified atom stereocenters. The third-order valence-electron chi connectivity index (χ3n) is 2.75. The summed E-state index contributed by atoms with van der Waals surface area (Å²) in [5, 5.41) is 9.43. The Kier molecular flexibility index (Phi) is 5.01.